The second-order valence-electron chi connectivity index (χ2n) is 3.89. The zero-order chi connectivity index (χ0) is 14.0. The van der Waals surface area contributed by atoms with E-state index < -0.39 is 0 Å². The lowest BCUT2D eigenvalue weighted by Gasteiger charge is -2.03. The summed E-state index contributed by atoms with van der Waals surface area (Å²) in [6.07, 6.45) is 0. The second kappa shape index (κ2) is 5.90. The first-order valence-electron chi connectivity index (χ1n) is 5.33. The van der Waals surface area contributed by atoms with E-state index in [1.807, 2.05) is 0 Å². The average molecular weight is 360 g/mol. The summed E-state index contributed by atoms with van der Waals surface area (Å²) in [4.78, 5) is 0. The van der Waals surface area contributed by atoms with Gasteiger partial charge in [-0.2, -0.15) is 5.11 Å². The van der Waals surface area contributed by atoms with Gasteiger partial charge in [0.15, 0.2) is 0 Å². The van der Waals surface area contributed by atoms with Crippen molar-refractivity contribution < 1.29 is 5.11 Å². The van der Waals surface area contributed by atoms with Crippen molar-refractivity contribution in [2.45, 2.75) is 6.92 Å². The molecule has 0 aliphatic carbocycles. The lowest BCUT2D eigenvalue weighted by atomic mass is 10.2. The largest absolute Gasteiger partial charge is 0.505 e. The summed E-state index contributed by atoms with van der Waals surface area (Å²) in [6, 6.07) is 8.43. The molecule has 1 N–H and O–H groups in total. The lowest BCUT2D eigenvalue weighted by molar-refractivity contribution is 0.472. The fraction of sp³-hybridized carbons (Fsp3) is 0.0769. The van der Waals surface area contributed by atoms with Gasteiger partial charge in [0, 0.05) is 4.47 Å². The molecule has 19 heavy (non-hydrogen) atoms. The average Bonchev–Trinajstić information content (AvgIpc) is 2.36. The SMILES string of the molecule is Cc1cc(Br)cc(N=Nc2ccc(Cl)c(Cl)c2)c1O. The van der Waals surface area contributed by atoms with E-state index in [1.165, 1.54) is 0 Å². The summed E-state index contributed by atoms with van der Waals surface area (Å²) >= 11 is 15.0. The summed E-state index contributed by atoms with van der Waals surface area (Å²) in [7, 11) is 0. The molecule has 0 spiro atoms. The maximum absolute atomic E-state index is 9.88. The van der Waals surface area contributed by atoms with E-state index in [4.69, 9.17) is 23.2 Å². The van der Waals surface area contributed by atoms with Crippen molar-refractivity contribution in [1.29, 1.82) is 0 Å². The molecule has 2 rings (SSSR count). The number of nitrogens with zero attached hydrogens (tertiary/aromatic N) is 2. The molecule has 0 heterocycles. The van der Waals surface area contributed by atoms with Crippen LogP contribution in [0.1, 0.15) is 5.56 Å². The lowest BCUT2D eigenvalue weighted by Crippen LogP contribution is -1.76. The smallest absolute Gasteiger partial charge is 0.146 e. The normalized spacial score (nSPS) is 11.2. The van der Waals surface area contributed by atoms with Crippen LogP contribution in [0.15, 0.2) is 45.0 Å². The molecule has 3 nitrogen and oxygen atoms in total. The Labute approximate surface area is 129 Å². The Balaban J connectivity index is 2.35. The molecular weight excluding hydrogens is 351 g/mol. The fourth-order valence-corrected chi connectivity index (χ4v) is 2.31. The number of halogens is 3. The predicted octanol–water partition coefficient (Wildman–Crippen LogP) is 6.19. The topological polar surface area (TPSA) is 45.0 Å². The van der Waals surface area contributed by atoms with E-state index in [1.54, 1.807) is 37.3 Å². The number of hydrogen-bond acceptors (Lipinski definition) is 3. The van der Waals surface area contributed by atoms with Crippen LogP contribution in [0.25, 0.3) is 0 Å². The highest BCUT2D eigenvalue weighted by Crippen LogP contribution is 2.35. The van der Waals surface area contributed by atoms with Crippen molar-refractivity contribution in [3.63, 3.8) is 0 Å². The van der Waals surface area contributed by atoms with Gasteiger partial charge < -0.3 is 5.11 Å². The van der Waals surface area contributed by atoms with Gasteiger partial charge in [0.1, 0.15) is 11.4 Å². The highest BCUT2D eigenvalue weighted by molar-refractivity contribution is 9.10. The Morgan fingerprint density at radius 2 is 1.79 bits per heavy atom. The molecule has 0 fully saturated rings. The Morgan fingerprint density at radius 1 is 1.05 bits per heavy atom. The second-order valence-corrected chi connectivity index (χ2v) is 5.62. The van der Waals surface area contributed by atoms with Crippen molar-refractivity contribution in [3.8, 4) is 5.75 Å². The minimum atomic E-state index is 0.104. The van der Waals surface area contributed by atoms with E-state index in [2.05, 4.69) is 26.2 Å². The third kappa shape index (κ3) is 3.47. The van der Waals surface area contributed by atoms with Crippen LogP contribution in [-0.2, 0) is 0 Å². The van der Waals surface area contributed by atoms with E-state index >= 15 is 0 Å². The van der Waals surface area contributed by atoms with Gasteiger partial charge in [-0.25, -0.2) is 0 Å². The molecule has 2 aromatic carbocycles. The summed E-state index contributed by atoms with van der Waals surface area (Å²) < 4.78 is 0.825. The number of aryl methyl sites for hydroxylation is 1. The summed E-state index contributed by atoms with van der Waals surface area (Å²) in [6.45, 7) is 1.79. The number of phenols is 1. The molecule has 0 atom stereocenters. The van der Waals surface area contributed by atoms with Gasteiger partial charge >= 0.3 is 0 Å². The molecule has 0 aromatic heterocycles. The molecule has 2 aromatic rings. The molecule has 0 aliphatic heterocycles. The molecule has 98 valence electrons. The number of rotatable bonds is 2. The molecular formula is C13H9BrCl2N2O. The first-order chi connectivity index (χ1) is 8.97. The van der Waals surface area contributed by atoms with E-state index in [-0.39, 0.29) is 5.75 Å². The Morgan fingerprint density at radius 3 is 2.47 bits per heavy atom. The molecule has 0 amide bonds. The zero-order valence-electron chi connectivity index (χ0n) is 9.86. The van der Waals surface area contributed by atoms with Crippen LogP contribution >= 0.6 is 39.1 Å². The summed E-state index contributed by atoms with van der Waals surface area (Å²) in [5.74, 6) is 0.104. The monoisotopic (exact) mass is 358 g/mol. The van der Waals surface area contributed by atoms with Crippen LogP contribution in [0.5, 0.6) is 5.75 Å². The number of phenolic OH excluding ortho intramolecular Hbond substituents is 1. The number of aromatic hydroxyl groups is 1. The molecule has 0 unspecified atom stereocenters. The Kier molecular flexibility index (Phi) is 4.45. The Bertz CT molecular complexity index is 659. The molecule has 6 heteroatoms. The van der Waals surface area contributed by atoms with Gasteiger partial charge in [-0.15, -0.1) is 5.11 Å². The summed E-state index contributed by atoms with van der Waals surface area (Å²) in [5, 5.41) is 18.8. The minimum absolute atomic E-state index is 0.104. The van der Waals surface area contributed by atoms with Crippen molar-refractivity contribution in [2.75, 3.05) is 0 Å². The number of azo groups is 1. The van der Waals surface area contributed by atoms with Gasteiger partial charge in [-0.1, -0.05) is 39.1 Å². The first kappa shape index (κ1) is 14.3. The fourth-order valence-electron chi connectivity index (χ4n) is 1.45. The highest BCUT2D eigenvalue weighted by atomic mass is 79.9. The van der Waals surface area contributed by atoms with Crippen molar-refractivity contribution in [1.82, 2.24) is 0 Å². The maximum Gasteiger partial charge on any atom is 0.146 e. The van der Waals surface area contributed by atoms with Gasteiger partial charge in [0.05, 0.1) is 15.7 Å². The first-order valence-corrected chi connectivity index (χ1v) is 6.88. The molecule has 0 bridgehead atoms. The van der Waals surface area contributed by atoms with Crippen LogP contribution in [0, 0.1) is 6.92 Å². The van der Waals surface area contributed by atoms with Crippen molar-refractivity contribution in [3.05, 3.63) is 50.4 Å². The number of benzene rings is 2. The summed E-state index contributed by atoms with van der Waals surface area (Å²) in [5.41, 5.74) is 1.67. The third-order valence-corrected chi connectivity index (χ3v) is 3.62. The third-order valence-electron chi connectivity index (χ3n) is 2.42. The molecule has 0 aliphatic rings. The van der Waals surface area contributed by atoms with Crippen LogP contribution < -0.4 is 0 Å². The van der Waals surface area contributed by atoms with E-state index in [0.717, 1.165) is 10.0 Å². The zero-order valence-corrected chi connectivity index (χ0v) is 13.0. The van der Waals surface area contributed by atoms with Crippen LogP contribution in [0.3, 0.4) is 0 Å². The van der Waals surface area contributed by atoms with Crippen molar-refractivity contribution >= 4 is 50.5 Å². The molecule has 0 radical (unpaired) electrons. The maximum atomic E-state index is 9.88. The number of hydrogen-bond donors (Lipinski definition) is 1. The standard InChI is InChI=1S/C13H9BrCl2N2O/c1-7-4-8(14)5-12(13(7)19)18-17-9-2-3-10(15)11(16)6-9/h2-6,19H,1H3. The van der Waals surface area contributed by atoms with E-state index in [9.17, 15) is 5.11 Å². The van der Waals surface area contributed by atoms with Crippen LogP contribution in [0.2, 0.25) is 10.0 Å². The predicted molar refractivity (Wildman–Crippen MR) is 81.2 cm³/mol. The van der Waals surface area contributed by atoms with Gasteiger partial charge in [-0.05, 0) is 42.8 Å². The van der Waals surface area contributed by atoms with Gasteiger partial charge in [0.25, 0.3) is 0 Å². The molecule has 0 saturated carbocycles. The van der Waals surface area contributed by atoms with Crippen LogP contribution in [0.4, 0.5) is 11.4 Å². The van der Waals surface area contributed by atoms with E-state index in [0.29, 0.717) is 21.4 Å². The molecule has 0 saturated heterocycles. The van der Waals surface area contributed by atoms with Crippen LogP contribution in [-0.4, -0.2) is 5.11 Å². The van der Waals surface area contributed by atoms with Gasteiger partial charge in [0.2, 0.25) is 0 Å². The quantitative estimate of drug-likeness (QED) is 0.638. The highest BCUT2D eigenvalue weighted by Gasteiger charge is 2.05. The minimum Gasteiger partial charge on any atom is -0.505 e. The Hall–Kier alpha value is -1.10. The van der Waals surface area contributed by atoms with Gasteiger partial charge in [-0.3, -0.25) is 0 Å². The van der Waals surface area contributed by atoms with Crippen molar-refractivity contribution in [2.24, 2.45) is 10.2 Å².